The van der Waals surface area contributed by atoms with Gasteiger partial charge in [-0.15, -0.1) is 0 Å². The Balaban J connectivity index is 1.79. The number of amides is 1. The summed E-state index contributed by atoms with van der Waals surface area (Å²) in [6, 6.07) is 14.9. The predicted molar refractivity (Wildman–Crippen MR) is 112 cm³/mol. The monoisotopic (exact) mass is 386 g/mol. The van der Waals surface area contributed by atoms with Crippen molar-refractivity contribution in [1.82, 2.24) is 0 Å². The van der Waals surface area contributed by atoms with Gasteiger partial charge in [0.2, 0.25) is 5.91 Å². The van der Waals surface area contributed by atoms with Gasteiger partial charge in [0, 0.05) is 12.3 Å². The number of benzene rings is 2. The molecule has 0 spiro atoms. The van der Waals surface area contributed by atoms with Gasteiger partial charge < -0.3 is 24.8 Å². The Morgan fingerprint density at radius 3 is 2.46 bits per heavy atom. The topological polar surface area (TPSA) is 68.8 Å². The lowest BCUT2D eigenvalue weighted by Crippen LogP contribution is -2.22. The minimum atomic E-state index is -0.141. The number of hydrogen-bond acceptors (Lipinski definition) is 5. The molecule has 152 valence electrons. The Labute approximate surface area is 167 Å². The van der Waals surface area contributed by atoms with Crippen molar-refractivity contribution in [2.45, 2.75) is 20.8 Å². The van der Waals surface area contributed by atoms with E-state index in [4.69, 9.17) is 14.2 Å². The lowest BCUT2D eigenvalue weighted by molar-refractivity contribution is -0.114. The SMILES string of the molecule is CCOCCOc1ccc(NCC(=O)Nc2ccccc2OCC(C)C)cc1. The molecule has 2 aromatic carbocycles. The second-order valence-corrected chi connectivity index (χ2v) is 6.67. The van der Waals surface area contributed by atoms with E-state index in [1.807, 2.05) is 55.5 Å². The molecule has 0 atom stereocenters. The summed E-state index contributed by atoms with van der Waals surface area (Å²) in [5.41, 5.74) is 1.52. The highest BCUT2D eigenvalue weighted by Gasteiger charge is 2.08. The van der Waals surface area contributed by atoms with E-state index >= 15 is 0 Å². The molecule has 0 saturated carbocycles. The molecule has 6 heteroatoms. The van der Waals surface area contributed by atoms with Gasteiger partial charge in [-0.25, -0.2) is 0 Å². The normalized spacial score (nSPS) is 10.6. The number of rotatable bonds is 12. The number of hydrogen-bond donors (Lipinski definition) is 2. The Bertz CT molecular complexity index is 717. The van der Waals surface area contributed by atoms with E-state index < -0.39 is 0 Å². The van der Waals surface area contributed by atoms with E-state index in [9.17, 15) is 4.79 Å². The fourth-order valence-electron chi connectivity index (χ4n) is 2.36. The third-order valence-electron chi connectivity index (χ3n) is 3.74. The van der Waals surface area contributed by atoms with Crippen molar-refractivity contribution in [1.29, 1.82) is 0 Å². The van der Waals surface area contributed by atoms with Crippen molar-refractivity contribution in [3.63, 3.8) is 0 Å². The lowest BCUT2D eigenvalue weighted by atomic mass is 10.2. The van der Waals surface area contributed by atoms with Gasteiger partial charge in [0.1, 0.15) is 18.1 Å². The highest BCUT2D eigenvalue weighted by atomic mass is 16.5. The first kappa shape index (κ1) is 21.6. The van der Waals surface area contributed by atoms with E-state index in [-0.39, 0.29) is 12.5 Å². The van der Waals surface area contributed by atoms with Crippen molar-refractivity contribution in [2.24, 2.45) is 5.92 Å². The lowest BCUT2D eigenvalue weighted by Gasteiger charge is -2.14. The van der Waals surface area contributed by atoms with Gasteiger partial charge in [-0.1, -0.05) is 26.0 Å². The molecule has 6 nitrogen and oxygen atoms in total. The summed E-state index contributed by atoms with van der Waals surface area (Å²) in [4.78, 5) is 12.3. The summed E-state index contributed by atoms with van der Waals surface area (Å²) in [6.45, 7) is 8.64. The Morgan fingerprint density at radius 1 is 1.00 bits per heavy atom. The van der Waals surface area contributed by atoms with E-state index in [1.54, 1.807) is 0 Å². The fraction of sp³-hybridized carbons (Fsp3) is 0.409. The van der Waals surface area contributed by atoms with Gasteiger partial charge in [-0.2, -0.15) is 0 Å². The molecule has 0 aliphatic carbocycles. The quantitative estimate of drug-likeness (QED) is 0.536. The molecule has 2 rings (SSSR count). The van der Waals surface area contributed by atoms with Gasteiger partial charge in [-0.3, -0.25) is 4.79 Å². The van der Waals surface area contributed by atoms with Crippen molar-refractivity contribution in [3.8, 4) is 11.5 Å². The number of ether oxygens (including phenoxy) is 3. The van der Waals surface area contributed by atoms with Gasteiger partial charge >= 0.3 is 0 Å². The van der Waals surface area contributed by atoms with E-state index in [1.165, 1.54) is 0 Å². The number of para-hydroxylation sites is 2. The molecule has 0 aliphatic heterocycles. The van der Waals surface area contributed by atoms with Crippen LogP contribution in [-0.2, 0) is 9.53 Å². The zero-order chi connectivity index (χ0) is 20.2. The van der Waals surface area contributed by atoms with Gasteiger partial charge in [0.15, 0.2) is 0 Å². The summed E-state index contributed by atoms with van der Waals surface area (Å²) in [5.74, 6) is 1.72. The minimum absolute atomic E-state index is 0.141. The van der Waals surface area contributed by atoms with Crippen LogP contribution < -0.4 is 20.1 Å². The van der Waals surface area contributed by atoms with Gasteiger partial charge in [0.25, 0.3) is 0 Å². The highest BCUT2D eigenvalue weighted by Crippen LogP contribution is 2.24. The van der Waals surface area contributed by atoms with Gasteiger partial charge in [-0.05, 0) is 49.2 Å². The van der Waals surface area contributed by atoms with Crippen molar-refractivity contribution in [3.05, 3.63) is 48.5 Å². The van der Waals surface area contributed by atoms with Crippen LogP contribution >= 0.6 is 0 Å². The molecular weight excluding hydrogens is 356 g/mol. The largest absolute Gasteiger partial charge is 0.491 e. The van der Waals surface area contributed by atoms with E-state index in [0.29, 0.717) is 43.8 Å². The molecule has 0 radical (unpaired) electrons. The maximum atomic E-state index is 12.3. The average Bonchev–Trinajstić information content (AvgIpc) is 2.70. The molecule has 0 bridgehead atoms. The summed E-state index contributed by atoms with van der Waals surface area (Å²) in [7, 11) is 0. The maximum Gasteiger partial charge on any atom is 0.243 e. The smallest absolute Gasteiger partial charge is 0.243 e. The number of anilines is 2. The minimum Gasteiger partial charge on any atom is -0.491 e. The molecule has 0 heterocycles. The van der Waals surface area contributed by atoms with Crippen molar-refractivity contribution in [2.75, 3.05) is 43.6 Å². The Kier molecular flexibility index (Phi) is 9.15. The molecule has 0 unspecified atom stereocenters. The standard InChI is InChI=1S/C22H30N2O4/c1-4-26-13-14-27-19-11-9-18(10-12-19)23-15-22(25)24-20-7-5-6-8-21(20)28-16-17(2)3/h5-12,17,23H,4,13-16H2,1-3H3,(H,24,25). The summed E-state index contributed by atoms with van der Waals surface area (Å²) in [5, 5.41) is 6.00. The van der Waals surface area contributed by atoms with Crippen molar-refractivity contribution >= 4 is 17.3 Å². The third-order valence-corrected chi connectivity index (χ3v) is 3.74. The van der Waals surface area contributed by atoms with E-state index in [0.717, 1.165) is 11.4 Å². The molecule has 1 amide bonds. The van der Waals surface area contributed by atoms with Crippen LogP contribution in [0.4, 0.5) is 11.4 Å². The summed E-state index contributed by atoms with van der Waals surface area (Å²) in [6.07, 6.45) is 0. The summed E-state index contributed by atoms with van der Waals surface area (Å²) < 4.78 is 16.6. The number of carbonyl (C=O) groups is 1. The molecule has 2 N–H and O–H groups in total. The molecule has 2 aromatic rings. The second kappa shape index (κ2) is 11.9. The number of nitrogens with one attached hydrogen (secondary N) is 2. The summed E-state index contributed by atoms with van der Waals surface area (Å²) >= 11 is 0. The van der Waals surface area contributed by atoms with E-state index in [2.05, 4.69) is 24.5 Å². The third kappa shape index (κ3) is 7.88. The molecule has 0 fully saturated rings. The second-order valence-electron chi connectivity index (χ2n) is 6.67. The fourth-order valence-corrected chi connectivity index (χ4v) is 2.36. The highest BCUT2D eigenvalue weighted by molar-refractivity contribution is 5.95. The Hall–Kier alpha value is -2.73. The van der Waals surface area contributed by atoms with Crippen LogP contribution in [0.5, 0.6) is 11.5 Å². The molecule has 0 saturated heterocycles. The average molecular weight is 386 g/mol. The van der Waals surface area contributed by atoms with Crippen LogP contribution in [0.25, 0.3) is 0 Å². The number of carbonyl (C=O) groups excluding carboxylic acids is 1. The van der Waals surface area contributed by atoms with Crippen LogP contribution in [-0.4, -0.2) is 38.9 Å². The first-order chi connectivity index (χ1) is 13.6. The zero-order valence-electron chi connectivity index (χ0n) is 16.9. The van der Waals surface area contributed by atoms with Crippen LogP contribution in [0.3, 0.4) is 0 Å². The molecular formula is C22H30N2O4. The molecule has 0 aliphatic rings. The van der Waals surface area contributed by atoms with Crippen molar-refractivity contribution < 1.29 is 19.0 Å². The van der Waals surface area contributed by atoms with Gasteiger partial charge in [0.05, 0.1) is 25.4 Å². The van der Waals surface area contributed by atoms with Crippen LogP contribution in [0.2, 0.25) is 0 Å². The first-order valence-corrected chi connectivity index (χ1v) is 9.64. The zero-order valence-corrected chi connectivity index (χ0v) is 16.9. The Morgan fingerprint density at radius 2 is 1.75 bits per heavy atom. The van der Waals surface area contributed by atoms with Crippen LogP contribution in [0.1, 0.15) is 20.8 Å². The molecule has 0 aromatic heterocycles. The van der Waals surface area contributed by atoms with Crippen LogP contribution in [0, 0.1) is 5.92 Å². The first-order valence-electron chi connectivity index (χ1n) is 9.64. The molecule has 28 heavy (non-hydrogen) atoms. The van der Waals surface area contributed by atoms with Crippen LogP contribution in [0.15, 0.2) is 48.5 Å². The maximum absolute atomic E-state index is 12.3. The predicted octanol–water partition coefficient (Wildman–Crippen LogP) is 4.19.